The number of carbonyl (C=O) groups is 2. The first-order valence-electron chi connectivity index (χ1n) is 17.5. The van der Waals surface area contributed by atoms with Gasteiger partial charge in [-0.15, -0.1) is 0 Å². The van der Waals surface area contributed by atoms with Gasteiger partial charge in [-0.05, 0) is 25.9 Å². The fraction of sp³-hybridized carbons (Fsp3) is 0.941. The fourth-order valence-electron chi connectivity index (χ4n) is 4.02. The summed E-state index contributed by atoms with van der Waals surface area (Å²) in [5.74, 6) is -0.952. The Hall–Kier alpha value is -1.46. The minimum Gasteiger partial charge on any atom is -0.465 e. The third-order valence-electron chi connectivity index (χ3n) is 6.82. The van der Waals surface area contributed by atoms with E-state index < -0.39 is 24.3 Å². The average molecular weight is 638 g/mol. The largest absolute Gasteiger partial charge is 0.508 e. The van der Waals surface area contributed by atoms with Gasteiger partial charge in [-0.25, -0.2) is 9.68 Å². The molecule has 44 heavy (non-hydrogen) atoms. The van der Waals surface area contributed by atoms with E-state index in [4.69, 9.17) is 28.9 Å². The maximum Gasteiger partial charge on any atom is 0.508 e. The quantitative estimate of drug-likeness (QED) is 0.0294. The molecule has 0 amide bonds. The van der Waals surface area contributed by atoms with Crippen LogP contribution in [0.1, 0.15) is 138 Å². The Kier molecular flexibility index (Phi) is 42.2. The minimum atomic E-state index is -0.802. The van der Waals surface area contributed by atoms with Gasteiger partial charge in [0.05, 0.1) is 32.2 Å². The highest BCUT2D eigenvalue weighted by Gasteiger charge is 2.18. The van der Waals surface area contributed by atoms with E-state index in [2.05, 4.69) is 44.4 Å². The molecule has 0 rings (SSSR count). The van der Waals surface area contributed by atoms with E-state index in [9.17, 15) is 9.59 Å². The summed E-state index contributed by atoms with van der Waals surface area (Å²) in [6.45, 7) is 18.1. The Balaban J connectivity index is -0.00000163. The first-order valence-corrected chi connectivity index (χ1v) is 17.5. The first-order chi connectivity index (χ1) is 21.4. The molecule has 0 radical (unpaired) electrons. The van der Waals surface area contributed by atoms with Gasteiger partial charge in [0.25, 0.3) is 0 Å². The van der Waals surface area contributed by atoms with E-state index in [1.807, 2.05) is 13.8 Å². The molecular weight excluding hydrogens is 566 g/mol. The zero-order valence-electron chi connectivity index (χ0n) is 29.9. The van der Waals surface area contributed by atoms with Crippen molar-refractivity contribution in [2.45, 2.75) is 145 Å². The fourth-order valence-corrected chi connectivity index (χ4v) is 4.02. The molecule has 0 aromatic heterocycles. The van der Waals surface area contributed by atoms with E-state index >= 15 is 0 Å². The molecule has 0 spiro atoms. The zero-order chi connectivity index (χ0) is 33.7. The number of unbranched alkanes of at least 4 members (excludes halogenated alkanes) is 9. The van der Waals surface area contributed by atoms with Crippen molar-refractivity contribution < 1.29 is 43.4 Å². The molecule has 10 nitrogen and oxygen atoms in total. The molecule has 0 aromatic carbocycles. The monoisotopic (exact) mass is 638 g/mol. The molecule has 0 saturated carbocycles. The van der Waals surface area contributed by atoms with Gasteiger partial charge in [-0.3, -0.25) is 10.1 Å². The predicted molar refractivity (Wildman–Crippen MR) is 178 cm³/mol. The van der Waals surface area contributed by atoms with Crippen molar-refractivity contribution in [3.05, 3.63) is 0 Å². The number of hydrogen-bond acceptors (Lipinski definition) is 10. The van der Waals surface area contributed by atoms with E-state index in [0.717, 1.165) is 32.5 Å². The molecule has 0 aliphatic heterocycles. The summed E-state index contributed by atoms with van der Waals surface area (Å²) in [5, 5.41) is 8.76. The Morgan fingerprint density at radius 2 is 1.23 bits per heavy atom. The van der Waals surface area contributed by atoms with Crippen LogP contribution in [0, 0.1) is 5.92 Å². The molecule has 0 aromatic rings. The summed E-state index contributed by atoms with van der Waals surface area (Å²) in [5.41, 5.74) is 0. The number of hydrogen-bond donors (Lipinski definition) is 1. The van der Waals surface area contributed by atoms with E-state index in [1.165, 1.54) is 57.8 Å². The molecule has 0 bridgehead atoms. The van der Waals surface area contributed by atoms with Crippen LogP contribution in [0.3, 0.4) is 0 Å². The maximum absolute atomic E-state index is 12.1. The molecule has 2 atom stereocenters. The smallest absolute Gasteiger partial charge is 0.465 e. The lowest BCUT2D eigenvalue weighted by Gasteiger charge is -2.18. The molecular formula is C34H71NO9. The summed E-state index contributed by atoms with van der Waals surface area (Å²) in [6.07, 6.45) is 14.0. The normalized spacial score (nSPS) is 12.0. The Bertz CT molecular complexity index is 573. The zero-order valence-corrected chi connectivity index (χ0v) is 29.9. The lowest BCUT2D eigenvalue weighted by Crippen LogP contribution is -2.27. The highest BCUT2D eigenvalue weighted by Crippen LogP contribution is 2.10. The van der Waals surface area contributed by atoms with E-state index in [0.29, 0.717) is 19.4 Å². The molecule has 0 aliphatic rings. The molecule has 2 unspecified atom stereocenters. The third kappa shape index (κ3) is 35.0. The van der Waals surface area contributed by atoms with Crippen molar-refractivity contribution in [3.63, 3.8) is 0 Å². The second-order valence-corrected chi connectivity index (χ2v) is 10.5. The number of ether oxygens (including phenoxy) is 5. The van der Waals surface area contributed by atoms with Gasteiger partial charge < -0.3 is 28.6 Å². The number of carbonyl (C=O) groups excluding carboxylic acids is 2. The number of methoxy groups -OCH3 is 1. The van der Waals surface area contributed by atoms with Gasteiger partial charge in [0, 0.05) is 26.7 Å². The Morgan fingerprint density at radius 3 is 1.77 bits per heavy atom. The lowest BCUT2D eigenvalue weighted by molar-refractivity contribution is -0.255. The predicted octanol–water partition coefficient (Wildman–Crippen LogP) is 8.65. The van der Waals surface area contributed by atoms with Gasteiger partial charge in [0.15, 0.2) is 6.29 Å². The number of esters is 1. The maximum atomic E-state index is 12.1. The Morgan fingerprint density at radius 1 is 0.682 bits per heavy atom. The van der Waals surface area contributed by atoms with E-state index in [-0.39, 0.29) is 32.8 Å². The van der Waals surface area contributed by atoms with Crippen LogP contribution in [-0.4, -0.2) is 88.4 Å². The summed E-state index contributed by atoms with van der Waals surface area (Å²) in [6, 6.07) is 0. The van der Waals surface area contributed by atoms with Crippen molar-refractivity contribution in [2.75, 3.05) is 59.8 Å². The highest BCUT2D eigenvalue weighted by atomic mass is 17.1. The van der Waals surface area contributed by atoms with Crippen molar-refractivity contribution in [1.82, 2.24) is 4.90 Å². The second-order valence-electron chi connectivity index (χ2n) is 10.5. The van der Waals surface area contributed by atoms with E-state index in [1.54, 1.807) is 7.11 Å². The van der Waals surface area contributed by atoms with Crippen LogP contribution in [0.25, 0.3) is 0 Å². The van der Waals surface area contributed by atoms with Gasteiger partial charge in [0.2, 0.25) is 0 Å². The lowest BCUT2D eigenvalue weighted by atomic mass is 10.1. The molecule has 10 heteroatoms. The van der Waals surface area contributed by atoms with Crippen molar-refractivity contribution >= 4 is 12.1 Å². The molecule has 0 saturated heterocycles. The van der Waals surface area contributed by atoms with Crippen LogP contribution in [-0.2, 0) is 33.4 Å². The second kappa shape index (κ2) is 39.6. The van der Waals surface area contributed by atoms with Crippen LogP contribution in [0.4, 0.5) is 4.79 Å². The molecule has 0 fully saturated rings. The van der Waals surface area contributed by atoms with Crippen molar-refractivity contribution in [1.29, 1.82) is 0 Å². The van der Waals surface area contributed by atoms with Gasteiger partial charge >= 0.3 is 12.1 Å². The Labute approximate surface area is 270 Å². The van der Waals surface area contributed by atoms with Crippen molar-refractivity contribution in [3.8, 4) is 0 Å². The molecule has 0 heterocycles. The summed E-state index contributed by atoms with van der Waals surface area (Å²) >= 11 is 0. The van der Waals surface area contributed by atoms with Crippen LogP contribution in [0.2, 0.25) is 0 Å². The van der Waals surface area contributed by atoms with Crippen LogP contribution >= 0.6 is 0 Å². The summed E-state index contributed by atoms with van der Waals surface area (Å²) in [7, 11) is 1.55. The van der Waals surface area contributed by atoms with Crippen LogP contribution in [0.15, 0.2) is 0 Å². The molecule has 266 valence electrons. The van der Waals surface area contributed by atoms with Crippen LogP contribution < -0.4 is 0 Å². The number of nitrogens with zero attached hydrogens (tertiary/aromatic N) is 1. The van der Waals surface area contributed by atoms with Gasteiger partial charge in [0.1, 0.15) is 6.61 Å². The summed E-state index contributed by atoms with van der Waals surface area (Å²) < 4.78 is 26.3. The van der Waals surface area contributed by atoms with Gasteiger partial charge in [-0.1, -0.05) is 113 Å². The van der Waals surface area contributed by atoms with Crippen LogP contribution in [0.5, 0.6) is 0 Å². The first kappa shape index (κ1) is 47.0. The summed E-state index contributed by atoms with van der Waals surface area (Å²) in [4.78, 5) is 30.2. The highest BCUT2D eigenvalue weighted by molar-refractivity contribution is 5.69. The third-order valence-corrected chi connectivity index (χ3v) is 6.82. The average Bonchev–Trinajstić information content (AvgIpc) is 3.05. The molecule has 1 N–H and O–H groups in total. The van der Waals surface area contributed by atoms with Crippen molar-refractivity contribution in [2.24, 2.45) is 5.92 Å². The SMILES string of the molecule is CC.CCCCCCC.CCCCCCCCOC(CCC(=O)OCC(COO)COC(=O)OCCCN(CC)CC)OC. The molecule has 0 aliphatic carbocycles. The standard InChI is InChI=1S/C25H49NO9.C7H16.C2H6/c1-5-8-9-10-11-12-17-31-24(30-4)15-14-23(27)33-19-22(21-35-29)20-34-25(28)32-18-13-16-26(6-2)7-3;1-3-5-7-6-4-2;1-2/h22,24,29H,5-21H2,1-4H3;3-7H2,1-2H3;1-2H3. The van der Waals surface area contributed by atoms with Gasteiger partial charge in [-0.2, -0.15) is 0 Å². The number of rotatable bonds is 28. The topological polar surface area (TPSA) is 113 Å². The minimum absolute atomic E-state index is 0.0646.